The number of benzene rings is 2. The summed E-state index contributed by atoms with van der Waals surface area (Å²) in [6, 6.07) is 14.2. The molecule has 12 heteroatoms. The summed E-state index contributed by atoms with van der Waals surface area (Å²) in [6.07, 6.45) is -4.57. The monoisotopic (exact) mass is 495 g/mol. The van der Waals surface area contributed by atoms with Crippen molar-refractivity contribution >= 4 is 33.0 Å². The molecule has 33 heavy (non-hydrogen) atoms. The highest BCUT2D eigenvalue weighted by molar-refractivity contribution is 7.89. The maximum absolute atomic E-state index is 12.6. The van der Waals surface area contributed by atoms with Gasteiger partial charge in [-0.2, -0.15) is 18.4 Å². The van der Waals surface area contributed by atoms with Crippen molar-refractivity contribution < 1.29 is 31.1 Å². The minimum atomic E-state index is -4.57. The molecular formula is C21H16F3N3O4S2. The number of nitrogens with one attached hydrogen (secondary N) is 2. The fourth-order valence-electron chi connectivity index (χ4n) is 2.65. The van der Waals surface area contributed by atoms with Crippen LogP contribution in [0.4, 0.5) is 18.9 Å². The number of carbonyl (C=O) groups is 1. The number of ether oxygens (including phenoxy) is 1. The number of nitrogens with zero attached hydrogens (tertiary/aromatic N) is 1. The molecule has 0 fully saturated rings. The molecule has 1 amide bonds. The number of nitriles is 1. The van der Waals surface area contributed by atoms with Crippen molar-refractivity contribution in [2.24, 2.45) is 0 Å². The summed E-state index contributed by atoms with van der Waals surface area (Å²) in [4.78, 5) is 13.3. The average molecular weight is 496 g/mol. The Kier molecular flexibility index (Phi) is 7.37. The van der Waals surface area contributed by atoms with Crippen molar-refractivity contribution in [3.05, 3.63) is 76.0 Å². The SMILES string of the molecule is N#Cc1cc(NC(=O)c2cccc(S(=O)(=O)NCc3cccs3)c2)ccc1OCC(F)(F)F. The van der Waals surface area contributed by atoms with Crippen LogP contribution < -0.4 is 14.8 Å². The van der Waals surface area contributed by atoms with Crippen LogP contribution in [0.5, 0.6) is 5.75 Å². The van der Waals surface area contributed by atoms with E-state index >= 15 is 0 Å². The molecule has 7 nitrogen and oxygen atoms in total. The molecule has 0 spiro atoms. The first kappa shape index (κ1) is 24.2. The molecule has 0 unspecified atom stereocenters. The predicted molar refractivity (Wildman–Crippen MR) is 115 cm³/mol. The van der Waals surface area contributed by atoms with Gasteiger partial charge in [-0.15, -0.1) is 11.3 Å². The van der Waals surface area contributed by atoms with Gasteiger partial charge < -0.3 is 10.1 Å². The first-order valence-electron chi connectivity index (χ1n) is 9.24. The van der Waals surface area contributed by atoms with Gasteiger partial charge in [0.2, 0.25) is 10.0 Å². The van der Waals surface area contributed by atoms with Gasteiger partial charge in [0.1, 0.15) is 11.8 Å². The van der Waals surface area contributed by atoms with E-state index in [2.05, 4.69) is 14.8 Å². The van der Waals surface area contributed by atoms with Crippen LogP contribution in [-0.2, 0) is 16.6 Å². The second kappa shape index (κ2) is 10.0. The third kappa shape index (κ3) is 6.79. The van der Waals surface area contributed by atoms with Crippen LogP contribution in [0.25, 0.3) is 0 Å². The van der Waals surface area contributed by atoms with E-state index in [1.54, 1.807) is 18.2 Å². The van der Waals surface area contributed by atoms with Crippen molar-refractivity contribution in [2.45, 2.75) is 17.6 Å². The topological polar surface area (TPSA) is 108 Å². The van der Waals surface area contributed by atoms with Crippen molar-refractivity contribution in [3.8, 4) is 11.8 Å². The Morgan fingerprint density at radius 1 is 1.12 bits per heavy atom. The number of halogens is 3. The molecule has 172 valence electrons. The molecule has 0 saturated carbocycles. The van der Waals surface area contributed by atoms with E-state index in [1.165, 1.54) is 41.7 Å². The molecule has 1 heterocycles. The molecule has 2 aromatic carbocycles. The van der Waals surface area contributed by atoms with Crippen molar-refractivity contribution in [1.82, 2.24) is 4.72 Å². The Hall–Kier alpha value is -3.40. The second-order valence-corrected chi connectivity index (χ2v) is 9.41. The Morgan fingerprint density at radius 2 is 1.91 bits per heavy atom. The fourth-order valence-corrected chi connectivity index (χ4v) is 4.44. The standard InChI is InChI=1S/C21H16F3N3O4S2/c22-21(23,24)13-31-19-7-6-16(9-15(19)11-25)27-20(28)14-3-1-5-18(10-14)33(29,30)26-12-17-4-2-8-32-17/h1-10,26H,12-13H2,(H,27,28). The third-order valence-corrected chi connectivity index (χ3v) is 6.45. The van der Waals surface area contributed by atoms with Crippen LogP contribution >= 0.6 is 11.3 Å². The zero-order chi connectivity index (χ0) is 24.1. The van der Waals surface area contributed by atoms with Gasteiger partial charge in [0.15, 0.2) is 6.61 Å². The zero-order valence-electron chi connectivity index (χ0n) is 16.7. The normalized spacial score (nSPS) is 11.6. The molecule has 0 radical (unpaired) electrons. The Labute approximate surface area is 191 Å². The number of sulfonamides is 1. The predicted octanol–water partition coefficient (Wildman–Crippen LogP) is 4.29. The highest BCUT2D eigenvalue weighted by Crippen LogP contribution is 2.25. The number of carbonyl (C=O) groups excluding carboxylic acids is 1. The van der Waals surface area contributed by atoms with Gasteiger partial charge in [0, 0.05) is 22.7 Å². The quantitative estimate of drug-likeness (QED) is 0.485. The van der Waals surface area contributed by atoms with Gasteiger partial charge in [0.25, 0.3) is 5.91 Å². The molecule has 1 aromatic heterocycles. The lowest BCUT2D eigenvalue weighted by atomic mass is 10.1. The number of hydrogen-bond acceptors (Lipinski definition) is 6. The summed E-state index contributed by atoms with van der Waals surface area (Å²) < 4.78 is 69.2. The van der Waals surface area contributed by atoms with Crippen molar-refractivity contribution in [3.63, 3.8) is 0 Å². The summed E-state index contributed by atoms with van der Waals surface area (Å²) in [5.74, 6) is -0.948. The second-order valence-electron chi connectivity index (χ2n) is 6.61. The highest BCUT2D eigenvalue weighted by Gasteiger charge is 2.29. The maximum atomic E-state index is 12.6. The largest absolute Gasteiger partial charge is 0.483 e. The highest BCUT2D eigenvalue weighted by atomic mass is 32.2. The van der Waals surface area contributed by atoms with Crippen molar-refractivity contribution in [1.29, 1.82) is 5.26 Å². The van der Waals surface area contributed by atoms with E-state index in [-0.39, 0.29) is 34.0 Å². The summed E-state index contributed by atoms with van der Waals surface area (Å²) in [5, 5.41) is 13.5. The number of thiophene rings is 1. The van der Waals surface area contributed by atoms with Crippen molar-refractivity contribution in [2.75, 3.05) is 11.9 Å². The molecule has 0 aliphatic carbocycles. The number of amides is 1. The smallest absolute Gasteiger partial charge is 0.422 e. The molecule has 3 rings (SSSR count). The van der Waals surface area contributed by atoms with Crippen LogP contribution in [0.2, 0.25) is 0 Å². The van der Waals surface area contributed by atoms with Crippen LogP contribution in [0, 0.1) is 11.3 Å². The van der Waals surface area contributed by atoms with E-state index in [4.69, 9.17) is 0 Å². The molecule has 0 saturated heterocycles. The zero-order valence-corrected chi connectivity index (χ0v) is 18.4. The van der Waals surface area contributed by atoms with Gasteiger partial charge in [-0.3, -0.25) is 4.79 Å². The molecular weight excluding hydrogens is 479 g/mol. The average Bonchev–Trinajstić information content (AvgIpc) is 3.30. The minimum Gasteiger partial charge on any atom is -0.483 e. The first-order valence-corrected chi connectivity index (χ1v) is 11.6. The van der Waals surface area contributed by atoms with E-state index in [9.17, 15) is 31.6 Å². The van der Waals surface area contributed by atoms with Crippen LogP contribution in [-0.4, -0.2) is 27.1 Å². The van der Waals surface area contributed by atoms with E-state index in [0.29, 0.717) is 0 Å². The molecule has 0 aliphatic heterocycles. The molecule has 0 bridgehead atoms. The van der Waals surface area contributed by atoms with Crippen LogP contribution in [0.15, 0.2) is 64.9 Å². The number of hydrogen-bond donors (Lipinski definition) is 2. The number of alkyl halides is 3. The molecule has 0 atom stereocenters. The van der Waals surface area contributed by atoms with E-state index in [0.717, 1.165) is 17.0 Å². The fraction of sp³-hybridized carbons (Fsp3) is 0.143. The third-order valence-electron chi connectivity index (χ3n) is 4.17. The lowest BCUT2D eigenvalue weighted by molar-refractivity contribution is -0.153. The van der Waals surface area contributed by atoms with Gasteiger partial charge in [-0.1, -0.05) is 12.1 Å². The van der Waals surface area contributed by atoms with E-state index in [1.807, 2.05) is 5.38 Å². The summed E-state index contributed by atoms with van der Waals surface area (Å²) in [6.45, 7) is -1.45. The number of rotatable bonds is 8. The molecule has 2 N–H and O–H groups in total. The lowest BCUT2D eigenvalue weighted by Gasteiger charge is -2.12. The van der Waals surface area contributed by atoms with Crippen LogP contribution in [0.3, 0.4) is 0 Å². The maximum Gasteiger partial charge on any atom is 0.422 e. The summed E-state index contributed by atoms with van der Waals surface area (Å²) in [7, 11) is -3.87. The Balaban J connectivity index is 1.72. The summed E-state index contributed by atoms with van der Waals surface area (Å²) >= 11 is 1.40. The van der Waals surface area contributed by atoms with Gasteiger partial charge in [-0.05, 0) is 47.8 Å². The molecule has 0 aliphatic rings. The minimum absolute atomic E-state index is 0.0323. The van der Waals surface area contributed by atoms with Gasteiger partial charge in [0.05, 0.1) is 10.5 Å². The Bertz CT molecular complexity index is 1280. The van der Waals surface area contributed by atoms with Gasteiger partial charge in [-0.25, -0.2) is 13.1 Å². The Morgan fingerprint density at radius 3 is 2.58 bits per heavy atom. The first-order chi connectivity index (χ1) is 15.6. The van der Waals surface area contributed by atoms with Crippen LogP contribution in [0.1, 0.15) is 20.8 Å². The summed E-state index contributed by atoms with van der Waals surface area (Å²) in [5.41, 5.74) is -0.0453. The van der Waals surface area contributed by atoms with E-state index < -0.39 is 28.7 Å². The number of anilines is 1. The molecule has 3 aromatic rings. The van der Waals surface area contributed by atoms with Gasteiger partial charge >= 0.3 is 6.18 Å². The lowest BCUT2D eigenvalue weighted by Crippen LogP contribution is -2.23.